The first kappa shape index (κ1) is 14.9. The fourth-order valence-electron chi connectivity index (χ4n) is 3.03. The van der Waals surface area contributed by atoms with Crippen molar-refractivity contribution in [3.63, 3.8) is 0 Å². The van der Waals surface area contributed by atoms with Gasteiger partial charge in [0.25, 0.3) is 11.8 Å². The molecule has 2 heterocycles. The van der Waals surface area contributed by atoms with Crippen molar-refractivity contribution >= 4 is 39.1 Å². The number of amides is 2. The second-order valence-corrected chi connectivity index (χ2v) is 6.70. The molecule has 2 aliphatic heterocycles. The zero-order valence-electron chi connectivity index (χ0n) is 12.8. The number of carbonyl (C=O) groups excluding carboxylic acids is 2. The van der Waals surface area contributed by atoms with Gasteiger partial charge < -0.3 is 10.6 Å². The molecule has 2 N–H and O–H groups in total. The lowest BCUT2D eigenvalue weighted by atomic mass is 10.0. The molecular weight excluding hydrogens is 368 g/mol. The molecule has 2 aromatic rings. The third-order valence-electron chi connectivity index (χ3n) is 4.12. The van der Waals surface area contributed by atoms with Crippen LogP contribution in [0, 0.1) is 6.92 Å². The average molecular weight is 381 g/mol. The average Bonchev–Trinajstić information content (AvgIpc) is 3.08. The molecule has 0 atom stereocenters. The number of aryl methyl sites for hydroxylation is 1. The largest absolute Gasteiger partial charge is 0.321 e. The van der Waals surface area contributed by atoms with Gasteiger partial charge in [0.05, 0.1) is 22.5 Å². The number of hydrogen-bond acceptors (Lipinski definition) is 2. The van der Waals surface area contributed by atoms with E-state index in [0.717, 1.165) is 21.2 Å². The predicted octanol–water partition coefficient (Wildman–Crippen LogP) is 3.14. The SMILES string of the molecule is Cc1cccc(C2=C3C(=O)NC(c4ccc(Br)cc4)=C3C(=O)N2)c1. The molecular formula is C19H13BrN2O2. The van der Waals surface area contributed by atoms with Crippen LogP contribution >= 0.6 is 15.9 Å². The van der Waals surface area contributed by atoms with E-state index in [1.165, 1.54) is 0 Å². The van der Waals surface area contributed by atoms with Gasteiger partial charge in [-0.25, -0.2) is 0 Å². The summed E-state index contributed by atoms with van der Waals surface area (Å²) < 4.78 is 0.938. The van der Waals surface area contributed by atoms with Crippen molar-refractivity contribution in [2.75, 3.05) is 0 Å². The summed E-state index contributed by atoms with van der Waals surface area (Å²) in [7, 11) is 0. The number of carbonyl (C=O) groups is 2. The van der Waals surface area contributed by atoms with Gasteiger partial charge in [-0.3, -0.25) is 9.59 Å². The minimum absolute atomic E-state index is 0.252. The van der Waals surface area contributed by atoms with E-state index >= 15 is 0 Å². The molecule has 24 heavy (non-hydrogen) atoms. The Balaban J connectivity index is 1.90. The van der Waals surface area contributed by atoms with Crippen LogP contribution in [0.5, 0.6) is 0 Å². The van der Waals surface area contributed by atoms with Gasteiger partial charge in [-0.15, -0.1) is 0 Å². The molecule has 0 saturated heterocycles. The highest BCUT2D eigenvalue weighted by Gasteiger charge is 2.40. The molecule has 0 fully saturated rings. The predicted molar refractivity (Wildman–Crippen MR) is 95.4 cm³/mol. The summed E-state index contributed by atoms with van der Waals surface area (Å²) in [6.45, 7) is 1.98. The highest BCUT2D eigenvalue weighted by atomic mass is 79.9. The first-order valence-corrected chi connectivity index (χ1v) is 8.28. The van der Waals surface area contributed by atoms with Gasteiger partial charge in [-0.1, -0.05) is 51.8 Å². The monoisotopic (exact) mass is 380 g/mol. The van der Waals surface area contributed by atoms with E-state index < -0.39 is 0 Å². The van der Waals surface area contributed by atoms with E-state index in [2.05, 4.69) is 26.6 Å². The number of benzene rings is 2. The van der Waals surface area contributed by atoms with Crippen molar-refractivity contribution < 1.29 is 9.59 Å². The third-order valence-corrected chi connectivity index (χ3v) is 4.65. The van der Waals surface area contributed by atoms with Gasteiger partial charge in [-0.05, 0) is 36.2 Å². The Bertz CT molecular complexity index is 956. The lowest BCUT2D eigenvalue weighted by Crippen LogP contribution is -2.21. The van der Waals surface area contributed by atoms with E-state index in [0.29, 0.717) is 22.5 Å². The second-order valence-electron chi connectivity index (χ2n) is 5.78. The van der Waals surface area contributed by atoms with Gasteiger partial charge in [-0.2, -0.15) is 0 Å². The van der Waals surface area contributed by atoms with Gasteiger partial charge in [0.2, 0.25) is 0 Å². The number of nitrogens with one attached hydrogen (secondary N) is 2. The zero-order chi connectivity index (χ0) is 16.8. The van der Waals surface area contributed by atoms with E-state index in [-0.39, 0.29) is 11.8 Å². The van der Waals surface area contributed by atoms with Crippen LogP contribution < -0.4 is 10.6 Å². The molecule has 0 unspecified atom stereocenters. The van der Waals surface area contributed by atoms with Crippen LogP contribution in [0.3, 0.4) is 0 Å². The summed E-state index contributed by atoms with van der Waals surface area (Å²) in [5.74, 6) is -0.504. The second kappa shape index (κ2) is 5.46. The van der Waals surface area contributed by atoms with Gasteiger partial charge in [0.15, 0.2) is 0 Å². The normalized spacial score (nSPS) is 16.4. The van der Waals surface area contributed by atoms with E-state index in [9.17, 15) is 9.59 Å². The smallest absolute Gasteiger partial charge is 0.258 e. The van der Waals surface area contributed by atoms with E-state index in [1.807, 2.05) is 55.5 Å². The minimum atomic E-state index is -0.252. The Morgan fingerprint density at radius 2 is 1.38 bits per heavy atom. The molecule has 5 heteroatoms. The molecule has 0 spiro atoms. The van der Waals surface area contributed by atoms with Crippen LogP contribution in [0.1, 0.15) is 16.7 Å². The molecule has 0 bridgehead atoms. The van der Waals surface area contributed by atoms with Crippen molar-refractivity contribution in [2.24, 2.45) is 0 Å². The highest BCUT2D eigenvalue weighted by Crippen LogP contribution is 2.37. The maximum Gasteiger partial charge on any atom is 0.258 e. The molecule has 2 aliphatic rings. The fourth-order valence-corrected chi connectivity index (χ4v) is 3.30. The van der Waals surface area contributed by atoms with Crippen molar-refractivity contribution in [3.8, 4) is 0 Å². The number of hydrogen-bond donors (Lipinski definition) is 2. The van der Waals surface area contributed by atoms with E-state index in [1.54, 1.807) is 0 Å². The molecule has 4 rings (SSSR count). The third kappa shape index (κ3) is 2.29. The molecule has 2 aromatic carbocycles. The Hall–Kier alpha value is -2.66. The molecule has 0 saturated carbocycles. The summed E-state index contributed by atoms with van der Waals surface area (Å²) in [6.07, 6.45) is 0. The van der Waals surface area contributed by atoms with Crippen molar-refractivity contribution in [1.29, 1.82) is 0 Å². The van der Waals surface area contributed by atoms with Crippen molar-refractivity contribution in [1.82, 2.24) is 10.6 Å². The fraction of sp³-hybridized carbons (Fsp3) is 0.0526. The summed E-state index contributed by atoms with van der Waals surface area (Å²) in [5, 5.41) is 5.70. The van der Waals surface area contributed by atoms with Crippen LogP contribution in [-0.2, 0) is 9.59 Å². The molecule has 118 valence electrons. The number of fused-ring (bicyclic) bond motifs is 1. The molecule has 0 aromatic heterocycles. The maximum atomic E-state index is 12.5. The topological polar surface area (TPSA) is 58.2 Å². The summed E-state index contributed by atoms with van der Waals surface area (Å²) >= 11 is 3.39. The first-order valence-electron chi connectivity index (χ1n) is 7.49. The molecule has 0 radical (unpaired) electrons. The quantitative estimate of drug-likeness (QED) is 0.840. The Morgan fingerprint density at radius 1 is 0.792 bits per heavy atom. The molecule has 2 amide bonds. The minimum Gasteiger partial charge on any atom is -0.321 e. The van der Waals surface area contributed by atoms with E-state index in [4.69, 9.17) is 0 Å². The van der Waals surface area contributed by atoms with Crippen molar-refractivity contribution in [3.05, 3.63) is 80.8 Å². The standard InChI is InChI=1S/C19H13BrN2O2/c1-10-3-2-4-12(9-10)17-15-14(18(23)22-17)16(21-19(15)24)11-5-7-13(20)8-6-11/h2-9H,1H3,(H,21,24)(H,22,23). The number of halogens is 1. The molecule has 4 nitrogen and oxygen atoms in total. The lowest BCUT2D eigenvalue weighted by Gasteiger charge is -2.08. The van der Waals surface area contributed by atoms with Gasteiger partial charge in [0, 0.05) is 4.47 Å². The number of rotatable bonds is 2. The van der Waals surface area contributed by atoms with Gasteiger partial charge >= 0.3 is 0 Å². The van der Waals surface area contributed by atoms with Gasteiger partial charge in [0.1, 0.15) is 0 Å². The van der Waals surface area contributed by atoms with Crippen LogP contribution in [0.4, 0.5) is 0 Å². The summed E-state index contributed by atoms with van der Waals surface area (Å²) in [6, 6.07) is 15.2. The maximum absolute atomic E-state index is 12.5. The molecule has 0 aliphatic carbocycles. The van der Waals surface area contributed by atoms with Crippen LogP contribution in [-0.4, -0.2) is 11.8 Å². The highest BCUT2D eigenvalue weighted by molar-refractivity contribution is 9.10. The van der Waals surface area contributed by atoms with Crippen LogP contribution in [0.25, 0.3) is 11.4 Å². The van der Waals surface area contributed by atoms with Crippen LogP contribution in [0.15, 0.2) is 64.1 Å². The zero-order valence-corrected chi connectivity index (χ0v) is 14.4. The van der Waals surface area contributed by atoms with Crippen LogP contribution in [0.2, 0.25) is 0 Å². The lowest BCUT2D eigenvalue weighted by molar-refractivity contribution is -0.117. The summed E-state index contributed by atoms with van der Waals surface area (Å²) in [4.78, 5) is 25.0. The van der Waals surface area contributed by atoms with Crippen molar-refractivity contribution in [2.45, 2.75) is 6.92 Å². The first-order chi connectivity index (χ1) is 11.5. The summed E-state index contributed by atoms with van der Waals surface area (Å²) in [5.41, 5.74) is 4.67. The Labute approximate surface area is 147 Å². The Morgan fingerprint density at radius 3 is 1.96 bits per heavy atom. The Kier molecular flexibility index (Phi) is 3.39.